The SMILES string of the molecule is COc1cc(F)c(C(Cl)CC(C)CC(C)(C)C)cc1OC. The van der Waals surface area contributed by atoms with Crippen LogP contribution >= 0.6 is 11.6 Å². The maximum Gasteiger partial charge on any atom is 0.163 e. The van der Waals surface area contributed by atoms with Crippen LogP contribution < -0.4 is 9.47 Å². The van der Waals surface area contributed by atoms with Crippen LogP contribution in [0, 0.1) is 17.2 Å². The number of hydrogen-bond donors (Lipinski definition) is 0. The molecule has 0 N–H and O–H groups in total. The van der Waals surface area contributed by atoms with Gasteiger partial charge in [0, 0.05) is 11.6 Å². The fourth-order valence-corrected chi connectivity index (χ4v) is 3.19. The first-order valence-electron chi connectivity index (χ1n) is 7.23. The van der Waals surface area contributed by atoms with Gasteiger partial charge >= 0.3 is 0 Å². The van der Waals surface area contributed by atoms with Gasteiger partial charge in [-0.15, -0.1) is 11.6 Å². The second kappa shape index (κ2) is 7.35. The summed E-state index contributed by atoms with van der Waals surface area (Å²) in [5.74, 6) is 0.948. The van der Waals surface area contributed by atoms with Gasteiger partial charge in [0.05, 0.1) is 19.6 Å². The molecular formula is C17H26ClFO2. The van der Waals surface area contributed by atoms with E-state index in [-0.39, 0.29) is 16.6 Å². The molecule has 0 spiro atoms. The molecule has 0 radical (unpaired) electrons. The van der Waals surface area contributed by atoms with E-state index in [4.69, 9.17) is 21.1 Å². The molecule has 1 aromatic rings. The van der Waals surface area contributed by atoms with Gasteiger partial charge in [-0.05, 0) is 30.2 Å². The summed E-state index contributed by atoms with van der Waals surface area (Å²) in [6, 6.07) is 2.97. The predicted octanol–water partition coefficient (Wildman–Crippen LogP) is 5.59. The summed E-state index contributed by atoms with van der Waals surface area (Å²) in [6.45, 7) is 8.75. The molecule has 0 aliphatic carbocycles. The van der Waals surface area contributed by atoms with Gasteiger partial charge in [0.25, 0.3) is 0 Å². The van der Waals surface area contributed by atoms with E-state index in [2.05, 4.69) is 27.7 Å². The molecule has 0 amide bonds. The second-order valence-corrected chi connectivity index (χ2v) is 7.33. The van der Waals surface area contributed by atoms with Crippen LogP contribution in [-0.4, -0.2) is 14.2 Å². The zero-order chi connectivity index (χ0) is 16.2. The van der Waals surface area contributed by atoms with Crippen molar-refractivity contribution in [3.63, 3.8) is 0 Å². The minimum absolute atomic E-state index is 0.242. The molecule has 0 saturated carbocycles. The van der Waals surface area contributed by atoms with E-state index in [0.717, 1.165) is 12.8 Å². The third-order valence-corrected chi connectivity index (χ3v) is 3.82. The van der Waals surface area contributed by atoms with Crippen molar-refractivity contribution < 1.29 is 13.9 Å². The lowest BCUT2D eigenvalue weighted by Gasteiger charge is -2.25. The number of hydrogen-bond acceptors (Lipinski definition) is 2. The highest BCUT2D eigenvalue weighted by atomic mass is 35.5. The number of alkyl halides is 1. The summed E-state index contributed by atoms with van der Waals surface area (Å²) < 4.78 is 24.5. The number of methoxy groups -OCH3 is 2. The molecule has 1 rings (SSSR count). The zero-order valence-corrected chi connectivity index (χ0v) is 14.6. The fraction of sp³-hybridized carbons (Fsp3) is 0.647. The van der Waals surface area contributed by atoms with E-state index >= 15 is 0 Å². The maximum absolute atomic E-state index is 14.2. The maximum atomic E-state index is 14.2. The normalized spacial score (nSPS) is 14.7. The van der Waals surface area contributed by atoms with E-state index in [0.29, 0.717) is 23.0 Å². The van der Waals surface area contributed by atoms with Gasteiger partial charge in [-0.2, -0.15) is 0 Å². The Morgan fingerprint density at radius 2 is 1.67 bits per heavy atom. The molecule has 0 bridgehead atoms. The van der Waals surface area contributed by atoms with Crippen molar-refractivity contribution in [1.29, 1.82) is 0 Å². The van der Waals surface area contributed by atoms with Crippen LogP contribution in [0.25, 0.3) is 0 Å². The minimum atomic E-state index is -0.373. The Morgan fingerprint density at radius 3 is 2.14 bits per heavy atom. The zero-order valence-electron chi connectivity index (χ0n) is 13.8. The largest absolute Gasteiger partial charge is 0.493 e. The first-order valence-corrected chi connectivity index (χ1v) is 7.67. The Bertz CT molecular complexity index is 469. The molecule has 0 aliphatic rings. The Hall–Kier alpha value is -0.960. The highest BCUT2D eigenvalue weighted by Gasteiger charge is 2.22. The smallest absolute Gasteiger partial charge is 0.163 e. The summed E-state index contributed by atoms with van der Waals surface area (Å²) in [4.78, 5) is 0. The highest BCUT2D eigenvalue weighted by molar-refractivity contribution is 6.20. The summed E-state index contributed by atoms with van der Waals surface area (Å²) in [6.07, 6.45) is 1.77. The molecule has 120 valence electrons. The predicted molar refractivity (Wildman–Crippen MR) is 86.0 cm³/mol. The first-order chi connectivity index (χ1) is 9.67. The standard InChI is InChI=1S/C17H26ClFO2/c1-11(10-17(2,3)4)7-13(18)12-8-15(20-5)16(21-6)9-14(12)19/h8-9,11,13H,7,10H2,1-6H3. The molecule has 0 saturated heterocycles. The third-order valence-electron chi connectivity index (χ3n) is 3.41. The molecule has 0 aromatic heterocycles. The molecule has 0 aliphatic heterocycles. The van der Waals surface area contributed by atoms with Crippen molar-refractivity contribution in [2.24, 2.45) is 11.3 Å². The summed E-state index contributed by atoms with van der Waals surface area (Å²) in [7, 11) is 3.02. The molecular weight excluding hydrogens is 291 g/mol. The molecule has 0 heterocycles. The van der Waals surface area contributed by atoms with Crippen LogP contribution in [-0.2, 0) is 0 Å². The van der Waals surface area contributed by atoms with E-state index < -0.39 is 0 Å². The molecule has 2 nitrogen and oxygen atoms in total. The van der Waals surface area contributed by atoms with Crippen LogP contribution in [0.15, 0.2) is 12.1 Å². The Morgan fingerprint density at radius 1 is 1.14 bits per heavy atom. The van der Waals surface area contributed by atoms with Gasteiger partial charge in [0.2, 0.25) is 0 Å². The van der Waals surface area contributed by atoms with Crippen molar-refractivity contribution in [3.05, 3.63) is 23.5 Å². The summed E-state index contributed by atoms with van der Waals surface area (Å²) in [5.41, 5.74) is 0.710. The average molecular weight is 317 g/mol. The number of rotatable bonds is 6. The molecule has 4 heteroatoms. The van der Waals surface area contributed by atoms with E-state index in [1.165, 1.54) is 20.3 Å². The average Bonchev–Trinajstić information content (AvgIpc) is 2.35. The quantitative estimate of drug-likeness (QED) is 0.637. The van der Waals surface area contributed by atoms with Gasteiger partial charge in [0.1, 0.15) is 5.82 Å². The molecule has 1 aromatic carbocycles. The van der Waals surface area contributed by atoms with Gasteiger partial charge in [-0.3, -0.25) is 0 Å². The summed E-state index contributed by atoms with van der Waals surface area (Å²) >= 11 is 6.42. The van der Waals surface area contributed by atoms with Gasteiger partial charge < -0.3 is 9.47 Å². The highest BCUT2D eigenvalue weighted by Crippen LogP contribution is 2.38. The van der Waals surface area contributed by atoms with Gasteiger partial charge in [0.15, 0.2) is 11.5 Å². The van der Waals surface area contributed by atoms with E-state index in [9.17, 15) is 4.39 Å². The van der Waals surface area contributed by atoms with Crippen LogP contribution in [0.2, 0.25) is 0 Å². The van der Waals surface area contributed by atoms with Crippen molar-refractivity contribution >= 4 is 11.6 Å². The van der Waals surface area contributed by atoms with Crippen LogP contribution in [0.4, 0.5) is 4.39 Å². The van der Waals surface area contributed by atoms with Crippen molar-refractivity contribution in [2.75, 3.05) is 14.2 Å². The molecule has 2 atom stereocenters. The van der Waals surface area contributed by atoms with Gasteiger partial charge in [-0.25, -0.2) is 4.39 Å². The minimum Gasteiger partial charge on any atom is -0.493 e. The lowest BCUT2D eigenvalue weighted by molar-refractivity contribution is 0.294. The summed E-state index contributed by atoms with van der Waals surface area (Å²) in [5, 5.41) is -0.373. The third kappa shape index (κ3) is 5.39. The monoisotopic (exact) mass is 316 g/mol. The topological polar surface area (TPSA) is 18.5 Å². The van der Waals surface area contributed by atoms with Crippen molar-refractivity contribution in [2.45, 2.75) is 45.9 Å². The lowest BCUT2D eigenvalue weighted by Crippen LogP contribution is -2.12. The second-order valence-electron chi connectivity index (χ2n) is 6.80. The van der Waals surface area contributed by atoms with Crippen molar-refractivity contribution in [3.8, 4) is 11.5 Å². The Labute approximate surface area is 132 Å². The molecule has 21 heavy (non-hydrogen) atoms. The first kappa shape index (κ1) is 18.1. The number of benzene rings is 1. The fourth-order valence-electron chi connectivity index (χ4n) is 2.72. The Kier molecular flexibility index (Phi) is 6.33. The van der Waals surface area contributed by atoms with Crippen molar-refractivity contribution in [1.82, 2.24) is 0 Å². The van der Waals surface area contributed by atoms with Crippen LogP contribution in [0.3, 0.4) is 0 Å². The van der Waals surface area contributed by atoms with Gasteiger partial charge in [-0.1, -0.05) is 27.7 Å². The van der Waals surface area contributed by atoms with Crippen LogP contribution in [0.5, 0.6) is 11.5 Å². The Balaban J connectivity index is 2.89. The van der Waals surface area contributed by atoms with E-state index in [1.54, 1.807) is 6.07 Å². The number of ether oxygens (including phenoxy) is 2. The molecule has 2 unspecified atom stereocenters. The lowest BCUT2D eigenvalue weighted by atomic mass is 9.83. The number of halogens is 2. The van der Waals surface area contributed by atoms with E-state index in [1.807, 2.05) is 0 Å². The molecule has 0 fully saturated rings. The van der Waals surface area contributed by atoms with Crippen LogP contribution in [0.1, 0.15) is 51.5 Å².